The number of piperazine rings is 1. The van der Waals surface area contributed by atoms with E-state index in [0.717, 1.165) is 25.7 Å². The lowest BCUT2D eigenvalue weighted by atomic mass is 9.92. The van der Waals surface area contributed by atoms with Crippen LogP contribution in [0.3, 0.4) is 0 Å². The van der Waals surface area contributed by atoms with Crippen molar-refractivity contribution in [1.82, 2.24) is 14.7 Å². The van der Waals surface area contributed by atoms with Crippen LogP contribution in [-0.2, 0) is 19.4 Å². The SMILES string of the molecule is O=C(CN1CCN(CC(=O)N(C2CCCCC2)[C@@H]2CCS(=O)(=O)C2)CC1)Nc1cccc(F)c1. The highest BCUT2D eigenvalue weighted by Crippen LogP contribution is 2.28. The van der Waals surface area contributed by atoms with Crippen LogP contribution in [-0.4, -0.2) is 97.8 Å². The number of sulfone groups is 1. The summed E-state index contributed by atoms with van der Waals surface area (Å²) in [4.78, 5) is 31.7. The number of hydrogen-bond donors (Lipinski definition) is 1. The molecule has 3 fully saturated rings. The third-order valence-corrected chi connectivity index (χ3v) is 8.91. The molecular weight excluding hydrogens is 459 g/mol. The Kier molecular flexibility index (Phi) is 8.21. The highest BCUT2D eigenvalue weighted by molar-refractivity contribution is 7.91. The molecule has 2 amide bonds. The predicted molar refractivity (Wildman–Crippen MR) is 129 cm³/mol. The molecule has 3 aliphatic rings. The molecule has 1 aliphatic carbocycles. The summed E-state index contributed by atoms with van der Waals surface area (Å²) in [6.45, 7) is 3.15. The summed E-state index contributed by atoms with van der Waals surface area (Å²) in [6.07, 6.45) is 5.80. The Bertz CT molecular complexity index is 975. The van der Waals surface area contributed by atoms with E-state index in [1.54, 1.807) is 12.1 Å². The van der Waals surface area contributed by atoms with E-state index in [1.807, 2.05) is 9.80 Å². The van der Waals surface area contributed by atoms with E-state index < -0.39 is 15.7 Å². The van der Waals surface area contributed by atoms with Gasteiger partial charge in [0.25, 0.3) is 0 Å². The number of hydrogen-bond acceptors (Lipinski definition) is 6. The summed E-state index contributed by atoms with van der Waals surface area (Å²) in [5, 5.41) is 2.72. The molecule has 1 aromatic carbocycles. The lowest BCUT2D eigenvalue weighted by Gasteiger charge is -2.40. The molecule has 10 heteroatoms. The van der Waals surface area contributed by atoms with Gasteiger partial charge in [-0.2, -0.15) is 0 Å². The van der Waals surface area contributed by atoms with Crippen LogP contribution in [0.15, 0.2) is 24.3 Å². The first kappa shape index (κ1) is 25.1. The molecule has 1 aromatic rings. The van der Waals surface area contributed by atoms with Crippen LogP contribution in [0.2, 0.25) is 0 Å². The Morgan fingerprint density at radius 2 is 1.65 bits per heavy atom. The zero-order chi connectivity index (χ0) is 24.1. The summed E-state index contributed by atoms with van der Waals surface area (Å²) < 4.78 is 37.5. The molecule has 0 radical (unpaired) electrons. The largest absolute Gasteiger partial charge is 0.335 e. The third kappa shape index (κ3) is 6.76. The molecule has 0 unspecified atom stereocenters. The van der Waals surface area contributed by atoms with Crippen LogP contribution < -0.4 is 5.32 Å². The minimum absolute atomic E-state index is 0.0336. The van der Waals surface area contributed by atoms with Crippen LogP contribution in [0.4, 0.5) is 10.1 Å². The quantitative estimate of drug-likeness (QED) is 0.621. The van der Waals surface area contributed by atoms with Crippen molar-refractivity contribution in [2.75, 3.05) is 56.1 Å². The van der Waals surface area contributed by atoms with Gasteiger partial charge in [0.1, 0.15) is 5.82 Å². The molecule has 188 valence electrons. The molecule has 4 rings (SSSR count). The number of nitrogens with zero attached hydrogens (tertiary/aromatic N) is 3. The van der Waals surface area contributed by atoms with Crippen molar-refractivity contribution in [3.8, 4) is 0 Å². The highest BCUT2D eigenvalue weighted by atomic mass is 32.2. The van der Waals surface area contributed by atoms with Crippen molar-refractivity contribution in [3.05, 3.63) is 30.1 Å². The predicted octanol–water partition coefficient (Wildman–Crippen LogP) is 1.73. The fourth-order valence-corrected chi connectivity index (χ4v) is 7.12. The molecule has 0 bridgehead atoms. The van der Waals surface area contributed by atoms with E-state index in [4.69, 9.17) is 0 Å². The maximum Gasteiger partial charge on any atom is 0.238 e. The molecule has 1 N–H and O–H groups in total. The monoisotopic (exact) mass is 494 g/mol. The molecule has 1 saturated carbocycles. The van der Waals surface area contributed by atoms with Gasteiger partial charge in [0.05, 0.1) is 24.6 Å². The van der Waals surface area contributed by atoms with Crippen molar-refractivity contribution in [3.63, 3.8) is 0 Å². The first-order valence-corrected chi connectivity index (χ1v) is 14.1. The number of halogens is 1. The molecule has 0 spiro atoms. The summed E-state index contributed by atoms with van der Waals surface area (Å²) in [5.74, 6) is -0.297. The Balaban J connectivity index is 1.27. The average molecular weight is 495 g/mol. The van der Waals surface area contributed by atoms with Crippen LogP contribution >= 0.6 is 0 Å². The number of anilines is 1. The standard InChI is InChI=1S/C24H35FN4O4S/c25-19-5-4-6-20(15-19)26-23(30)16-27-10-12-28(13-11-27)17-24(31)29(21-7-2-1-3-8-21)22-9-14-34(32,33)18-22/h4-6,15,21-22H,1-3,7-14,16-18H2,(H,26,30)/t22-/m1/s1. The van der Waals surface area contributed by atoms with Gasteiger partial charge < -0.3 is 10.2 Å². The topological polar surface area (TPSA) is 90.0 Å². The summed E-state index contributed by atoms with van der Waals surface area (Å²) in [6, 6.07) is 5.77. The van der Waals surface area contributed by atoms with Gasteiger partial charge in [0.2, 0.25) is 11.8 Å². The second-order valence-electron chi connectivity index (χ2n) is 9.76. The van der Waals surface area contributed by atoms with Gasteiger partial charge in [-0.1, -0.05) is 25.3 Å². The maximum atomic E-state index is 13.4. The van der Waals surface area contributed by atoms with Gasteiger partial charge in [-0.15, -0.1) is 0 Å². The van der Waals surface area contributed by atoms with E-state index >= 15 is 0 Å². The van der Waals surface area contributed by atoms with Crippen molar-refractivity contribution in [2.45, 2.75) is 50.6 Å². The highest BCUT2D eigenvalue weighted by Gasteiger charge is 2.39. The Morgan fingerprint density at radius 3 is 2.26 bits per heavy atom. The van der Waals surface area contributed by atoms with Crippen LogP contribution in [0.5, 0.6) is 0 Å². The van der Waals surface area contributed by atoms with Crippen LogP contribution in [0, 0.1) is 5.82 Å². The van der Waals surface area contributed by atoms with Crippen LogP contribution in [0.25, 0.3) is 0 Å². The molecule has 2 heterocycles. The zero-order valence-corrected chi connectivity index (χ0v) is 20.4. The molecular formula is C24H35FN4O4S. The minimum Gasteiger partial charge on any atom is -0.335 e. The minimum atomic E-state index is -3.06. The van der Waals surface area contributed by atoms with E-state index in [9.17, 15) is 22.4 Å². The average Bonchev–Trinajstić information content (AvgIpc) is 3.15. The van der Waals surface area contributed by atoms with Gasteiger partial charge in [-0.25, -0.2) is 12.8 Å². The van der Waals surface area contributed by atoms with Gasteiger partial charge in [0.15, 0.2) is 9.84 Å². The second-order valence-corrected chi connectivity index (χ2v) is 12.0. The first-order chi connectivity index (χ1) is 16.3. The van der Waals surface area contributed by atoms with Crippen molar-refractivity contribution >= 4 is 27.3 Å². The van der Waals surface area contributed by atoms with Gasteiger partial charge in [-0.3, -0.25) is 19.4 Å². The number of benzene rings is 1. The van der Waals surface area contributed by atoms with E-state index in [2.05, 4.69) is 10.2 Å². The lowest BCUT2D eigenvalue weighted by Crippen LogP contribution is -2.55. The Labute approximate surface area is 201 Å². The number of carbonyl (C=O) groups is 2. The molecule has 8 nitrogen and oxygen atoms in total. The van der Waals surface area contributed by atoms with Crippen molar-refractivity contribution < 1.29 is 22.4 Å². The van der Waals surface area contributed by atoms with Crippen molar-refractivity contribution in [1.29, 1.82) is 0 Å². The molecule has 0 aromatic heterocycles. The first-order valence-electron chi connectivity index (χ1n) is 12.3. The second kappa shape index (κ2) is 11.1. The normalized spacial score (nSPS) is 24.1. The van der Waals surface area contributed by atoms with Gasteiger partial charge >= 0.3 is 0 Å². The Morgan fingerprint density at radius 1 is 0.971 bits per heavy atom. The fourth-order valence-electron chi connectivity index (χ4n) is 5.41. The lowest BCUT2D eigenvalue weighted by molar-refractivity contribution is -0.138. The Hall–Kier alpha value is -2.04. The van der Waals surface area contributed by atoms with Crippen LogP contribution in [0.1, 0.15) is 38.5 Å². The zero-order valence-electron chi connectivity index (χ0n) is 19.6. The van der Waals surface area contributed by atoms with E-state index in [1.165, 1.54) is 18.6 Å². The van der Waals surface area contributed by atoms with E-state index in [0.29, 0.717) is 38.3 Å². The summed E-state index contributed by atoms with van der Waals surface area (Å²) >= 11 is 0. The molecule has 1 atom stereocenters. The smallest absolute Gasteiger partial charge is 0.238 e. The number of rotatable bonds is 7. The maximum absolute atomic E-state index is 13.4. The van der Waals surface area contributed by atoms with Gasteiger partial charge in [0, 0.05) is 44.0 Å². The third-order valence-electron chi connectivity index (χ3n) is 7.16. The van der Waals surface area contributed by atoms with Crippen molar-refractivity contribution in [2.24, 2.45) is 0 Å². The summed E-state index contributed by atoms with van der Waals surface area (Å²) in [7, 11) is -3.06. The number of carbonyl (C=O) groups excluding carboxylic acids is 2. The summed E-state index contributed by atoms with van der Waals surface area (Å²) in [5.41, 5.74) is 0.436. The van der Waals surface area contributed by atoms with Gasteiger partial charge in [-0.05, 0) is 37.5 Å². The number of nitrogens with one attached hydrogen (secondary N) is 1. The van der Waals surface area contributed by atoms with E-state index in [-0.39, 0.29) is 48.5 Å². The fraction of sp³-hybridized carbons (Fsp3) is 0.667. The molecule has 34 heavy (non-hydrogen) atoms. The number of amides is 2. The molecule has 2 saturated heterocycles. The molecule has 2 aliphatic heterocycles.